The summed E-state index contributed by atoms with van der Waals surface area (Å²) in [5.74, 6) is 9.46. The maximum Gasteiger partial charge on any atom is 0.573 e. The standard InChI is InChI=1S/C25H33F3O/c1-2-3-4-19-7-13-22(14-8-19)23-15-9-20(10-16-23)5-6-21-11-17-24(18-12-21)29-25(26,27)28/h11-12,17-20,22-23H,2-4,7-10,13-16H2,1H3. The molecule has 0 aliphatic heterocycles. The van der Waals surface area contributed by atoms with Crippen molar-refractivity contribution in [2.45, 2.75) is 83.9 Å². The molecule has 0 bridgehead atoms. The van der Waals surface area contributed by atoms with E-state index < -0.39 is 6.36 Å². The van der Waals surface area contributed by atoms with Crippen molar-refractivity contribution in [2.24, 2.45) is 23.7 Å². The topological polar surface area (TPSA) is 9.23 Å². The van der Waals surface area contributed by atoms with Crippen molar-refractivity contribution in [3.8, 4) is 17.6 Å². The molecular formula is C25H33F3O. The molecule has 0 saturated heterocycles. The fourth-order valence-electron chi connectivity index (χ4n) is 5.10. The Morgan fingerprint density at radius 2 is 1.48 bits per heavy atom. The van der Waals surface area contributed by atoms with Crippen LogP contribution < -0.4 is 4.74 Å². The van der Waals surface area contributed by atoms with Gasteiger partial charge in [-0.05, 0) is 80.5 Å². The highest BCUT2D eigenvalue weighted by Crippen LogP contribution is 2.42. The van der Waals surface area contributed by atoms with Crippen LogP contribution in [-0.2, 0) is 0 Å². The summed E-state index contributed by atoms with van der Waals surface area (Å²) < 4.78 is 40.5. The molecule has 29 heavy (non-hydrogen) atoms. The van der Waals surface area contributed by atoms with Crippen molar-refractivity contribution in [3.05, 3.63) is 29.8 Å². The third-order valence-corrected chi connectivity index (χ3v) is 6.80. The van der Waals surface area contributed by atoms with Gasteiger partial charge >= 0.3 is 6.36 Å². The summed E-state index contributed by atoms with van der Waals surface area (Å²) in [5.41, 5.74) is 0.743. The molecule has 0 aromatic heterocycles. The highest BCUT2D eigenvalue weighted by atomic mass is 19.4. The van der Waals surface area contributed by atoms with Crippen LogP contribution in [0.25, 0.3) is 0 Å². The Balaban J connectivity index is 1.42. The van der Waals surface area contributed by atoms with Gasteiger partial charge in [0, 0.05) is 11.5 Å². The molecule has 0 amide bonds. The summed E-state index contributed by atoms with van der Waals surface area (Å²) in [5, 5.41) is 0. The quantitative estimate of drug-likeness (QED) is 0.454. The normalized spacial score (nSPS) is 27.7. The van der Waals surface area contributed by atoms with Crippen molar-refractivity contribution in [1.29, 1.82) is 0 Å². The second kappa shape index (κ2) is 10.4. The summed E-state index contributed by atoms with van der Waals surface area (Å²) in [6.45, 7) is 2.28. The maximum atomic E-state index is 12.2. The molecule has 0 spiro atoms. The first-order chi connectivity index (χ1) is 13.9. The number of rotatable bonds is 5. The van der Waals surface area contributed by atoms with E-state index in [2.05, 4.69) is 23.5 Å². The molecule has 2 aliphatic carbocycles. The summed E-state index contributed by atoms with van der Waals surface area (Å²) in [7, 11) is 0. The highest BCUT2D eigenvalue weighted by molar-refractivity contribution is 5.38. The van der Waals surface area contributed by atoms with Crippen LogP contribution in [0.3, 0.4) is 0 Å². The van der Waals surface area contributed by atoms with Crippen LogP contribution in [0.4, 0.5) is 13.2 Å². The van der Waals surface area contributed by atoms with Gasteiger partial charge in [0.05, 0.1) is 0 Å². The van der Waals surface area contributed by atoms with Crippen LogP contribution >= 0.6 is 0 Å². The summed E-state index contributed by atoms with van der Waals surface area (Å²) >= 11 is 0. The van der Waals surface area contributed by atoms with Gasteiger partial charge in [-0.1, -0.05) is 50.9 Å². The van der Waals surface area contributed by atoms with Crippen LogP contribution in [0.15, 0.2) is 24.3 Å². The molecule has 160 valence electrons. The zero-order chi connectivity index (χ0) is 20.7. The molecule has 0 atom stereocenters. The minimum absolute atomic E-state index is 0.201. The summed E-state index contributed by atoms with van der Waals surface area (Å²) in [6, 6.07) is 5.84. The smallest absolute Gasteiger partial charge is 0.406 e. The average molecular weight is 407 g/mol. The van der Waals surface area contributed by atoms with Crippen LogP contribution in [0.2, 0.25) is 0 Å². The van der Waals surface area contributed by atoms with E-state index in [1.807, 2.05) is 0 Å². The average Bonchev–Trinajstić information content (AvgIpc) is 2.71. The van der Waals surface area contributed by atoms with E-state index in [0.717, 1.165) is 36.2 Å². The Hall–Kier alpha value is -1.63. The fraction of sp³-hybridized carbons (Fsp3) is 0.680. The molecule has 3 rings (SSSR count). The molecule has 2 fully saturated rings. The Morgan fingerprint density at radius 1 is 0.897 bits per heavy atom. The van der Waals surface area contributed by atoms with Gasteiger partial charge in [-0.2, -0.15) is 0 Å². The third-order valence-electron chi connectivity index (χ3n) is 6.80. The highest BCUT2D eigenvalue weighted by Gasteiger charge is 2.31. The minimum atomic E-state index is -4.65. The number of hydrogen-bond acceptors (Lipinski definition) is 1. The fourth-order valence-corrected chi connectivity index (χ4v) is 5.10. The summed E-state index contributed by atoms with van der Waals surface area (Å²) in [4.78, 5) is 0. The van der Waals surface area contributed by atoms with Crippen molar-refractivity contribution >= 4 is 0 Å². The third kappa shape index (κ3) is 7.28. The van der Waals surface area contributed by atoms with E-state index in [9.17, 15) is 13.2 Å². The van der Waals surface area contributed by atoms with Gasteiger partial charge in [0.1, 0.15) is 5.75 Å². The number of benzene rings is 1. The molecule has 2 aliphatic rings. The van der Waals surface area contributed by atoms with Crippen molar-refractivity contribution in [3.63, 3.8) is 0 Å². The van der Waals surface area contributed by atoms with Gasteiger partial charge in [-0.3, -0.25) is 0 Å². The van der Waals surface area contributed by atoms with Gasteiger partial charge in [-0.25, -0.2) is 0 Å². The second-order valence-corrected chi connectivity index (χ2v) is 8.88. The summed E-state index contributed by atoms with van der Waals surface area (Å²) in [6.07, 6.45) is 10.0. The molecule has 1 aromatic carbocycles. The van der Waals surface area contributed by atoms with Gasteiger partial charge in [0.15, 0.2) is 0 Å². The molecule has 0 N–H and O–H groups in total. The molecule has 1 nitrogen and oxygen atoms in total. The monoisotopic (exact) mass is 406 g/mol. The first-order valence-corrected chi connectivity index (χ1v) is 11.3. The van der Waals surface area contributed by atoms with Gasteiger partial charge in [0.2, 0.25) is 0 Å². The van der Waals surface area contributed by atoms with E-state index in [1.165, 1.54) is 69.9 Å². The van der Waals surface area contributed by atoms with Crippen molar-refractivity contribution in [1.82, 2.24) is 0 Å². The predicted octanol–water partition coefficient (Wildman–Crippen LogP) is 7.74. The van der Waals surface area contributed by atoms with E-state index in [1.54, 1.807) is 12.1 Å². The van der Waals surface area contributed by atoms with E-state index in [-0.39, 0.29) is 5.75 Å². The van der Waals surface area contributed by atoms with Gasteiger partial charge < -0.3 is 4.74 Å². The predicted molar refractivity (Wildman–Crippen MR) is 110 cm³/mol. The Morgan fingerprint density at radius 3 is 2.03 bits per heavy atom. The van der Waals surface area contributed by atoms with Crippen molar-refractivity contribution in [2.75, 3.05) is 0 Å². The van der Waals surface area contributed by atoms with Gasteiger partial charge in [0.25, 0.3) is 0 Å². The maximum absolute atomic E-state index is 12.2. The zero-order valence-electron chi connectivity index (χ0n) is 17.4. The lowest BCUT2D eigenvalue weighted by atomic mass is 9.69. The number of hydrogen-bond donors (Lipinski definition) is 0. The Bertz CT molecular complexity index is 667. The Labute approximate surface area is 173 Å². The van der Waals surface area contributed by atoms with Gasteiger partial charge in [-0.15, -0.1) is 13.2 Å². The first-order valence-electron chi connectivity index (χ1n) is 11.3. The molecule has 0 unspecified atom stereocenters. The number of halogens is 3. The van der Waals surface area contributed by atoms with E-state index in [0.29, 0.717) is 5.92 Å². The molecule has 4 heteroatoms. The van der Waals surface area contributed by atoms with Crippen LogP contribution in [0, 0.1) is 35.5 Å². The van der Waals surface area contributed by atoms with Crippen LogP contribution in [-0.4, -0.2) is 6.36 Å². The Kier molecular flexibility index (Phi) is 7.92. The molecule has 2 saturated carbocycles. The second-order valence-electron chi connectivity index (χ2n) is 8.88. The molecule has 0 radical (unpaired) electrons. The van der Waals surface area contributed by atoms with E-state index in [4.69, 9.17) is 0 Å². The number of unbranched alkanes of at least 4 members (excludes halogenated alkanes) is 1. The molecule has 0 heterocycles. The minimum Gasteiger partial charge on any atom is -0.406 e. The number of alkyl halides is 3. The lowest BCUT2D eigenvalue weighted by Gasteiger charge is -2.37. The van der Waals surface area contributed by atoms with Crippen LogP contribution in [0.1, 0.15) is 83.1 Å². The largest absolute Gasteiger partial charge is 0.573 e. The van der Waals surface area contributed by atoms with Crippen molar-refractivity contribution < 1.29 is 17.9 Å². The first kappa shape index (κ1) is 22.1. The molecular weight excluding hydrogens is 373 g/mol. The van der Waals surface area contributed by atoms with E-state index >= 15 is 0 Å². The lowest BCUT2D eigenvalue weighted by Crippen LogP contribution is -2.25. The zero-order valence-corrected chi connectivity index (χ0v) is 17.4. The van der Waals surface area contributed by atoms with Crippen LogP contribution in [0.5, 0.6) is 5.75 Å². The lowest BCUT2D eigenvalue weighted by molar-refractivity contribution is -0.274. The SMILES string of the molecule is CCCCC1CCC(C2CCC(C#Cc3ccc(OC(F)(F)F)cc3)CC2)CC1. The number of ether oxygens (including phenoxy) is 1. The molecule has 1 aromatic rings.